The van der Waals surface area contributed by atoms with E-state index in [1.165, 1.54) is 25.7 Å². The Hall–Kier alpha value is -0.830. The lowest BCUT2D eigenvalue weighted by atomic mass is 9.97. The van der Waals surface area contributed by atoms with Crippen LogP contribution in [0.4, 0.5) is 0 Å². The van der Waals surface area contributed by atoms with Gasteiger partial charge in [0.2, 0.25) is 0 Å². The van der Waals surface area contributed by atoms with Crippen LogP contribution in [0.1, 0.15) is 43.8 Å². The second kappa shape index (κ2) is 3.92. The van der Waals surface area contributed by atoms with E-state index >= 15 is 0 Å². The first-order chi connectivity index (χ1) is 6.36. The molecule has 2 N–H and O–H groups in total. The van der Waals surface area contributed by atoms with Gasteiger partial charge in [0.1, 0.15) is 12.0 Å². The Morgan fingerprint density at radius 3 is 2.92 bits per heavy atom. The number of nitrogens with two attached hydrogens (primary N) is 1. The highest BCUT2D eigenvalue weighted by atomic mass is 16.5. The van der Waals surface area contributed by atoms with Gasteiger partial charge in [-0.15, -0.1) is 0 Å². The minimum Gasteiger partial charge on any atom is -0.364 e. The SMILES string of the molecule is NC(CC1CCCC1)c1ccon1. The van der Waals surface area contributed by atoms with Gasteiger partial charge in [-0.2, -0.15) is 0 Å². The lowest BCUT2D eigenvalue weighted by Crippen LogP contribution is -2.14. The first-order valence-corrected chi connectivity index (χ1v) is 5.02. The Morgan fingerprint density at radius 1 is 1.54 bits per heavy atom. The third-order valence-electron chi connectivity index (χ3n) is 2.90. The molecule has 0 saturated heterocycles. The molecule has 0 radical (unpaired) electrons. The Bertz CT molecular complexity index is 239. The number of rotatable bonds is 3. The Morgan fingerprint density at radius 2 is 2.31 bits per heavy atom. The molecule has 2 rings (SSSR count). The molecule has 3 nitrogen and oxygen atoms in total. The molecule has 1 aromatic rings. The van der Waals surface area contributed by atoms with Crippen molar-refractivity contribution in [3.63, 3.8) is 0 Å². The fraction of sp³-hybridized carbons (Fsp3) is 0.700. The molecule has 1 aliphatic rings. The number of hydrogen-bond acceptors (Lipinski definition) is 3. The molecular formula is C10H16N2O. The minimum atomic E-state index is 0.0712. The zero-order valence-electron chi connectivity index (χ0n) is 7.78. The molecule has 1 unspecified atom stereocenters. The maximum atomic E-state index is 6.00. The largest absolute Gasteiger partial charge is 0.364 e. The third kappa shape index (κ3) is 2.10. The molecular weight excluding hydrogens is 164 g/mol. The molecule has 13 heavy (non-hydrogen) atoms. The maximum absolute atomic E-state index is 6.00. The zero-order valence-corrected chi connectivity index (χ0v) is 7.78. The van der Waals surface area contributed by atoms with Gasteiger partial charge in [0.15, 0.2) is 0 Å². The van der Waals surface area contributed by atoms with Crippen LogP contribution in [-0.4, -0.2) is 5.16 Å². The van der Waals surface area contributed by atoms with Crippen molar-refractivity contribution in [1.29, 1.82) is 0 Å². The molecule has 0 amide bonds. The van der Waals surface area contributed by atoms with Crippen LogP contribution < -0.4 is 5.73 Å². The smallest absolute Gasteiger partial charge is 0.124 e. The van der Waals surface area contributed by atoms with Crippen LogP contribution in [0.2, 0.25) is 0 Å². The average molecular weight is 180 g/mol. The highest BCUT2D eigenvalue weighted by Gasteiger charge is 2.19. The van der Waals surface area contributed by atoms with Gasteiger partial charge in [-0.05, 0) is 12.3 Å². The first kappa shape index (κ1) is 8.75. The normalized spacial score (nSPS) is 20.7. The number of aromatic nitrogens is 1. The van der Waals surface area contributed by atoms with Gasteiger partial charge in [0.25, 0.3) is 0 Å². The average Bonchev–Trinajstić information content (AvgIpc) is 2.74. The summed E-state index contributed by atoms with van der Waals surface area (Å²) in [5.41, 5.74) is 6.89. The standard InChI is InChI=1S/C10H16N2O/c11-9(10-5-6-13-12-10)7-8-3-1-2-4-8/h5-6,8-9H,1-4,7,11H2. The van der Waals surface area contributed by atoms with Gasteiger partial charge in [0, 0.05) is 6.07 Å². The van der Waals surface area contributed by atoms with E-state index in [9.17, 15) is 0 Å². The van der Waals surface area contributed by atoms with E-state index in [1.54, 1.807) is 6.26 Å². The predicted octanol–water partition coefficient (Wildman–Crippen LogP) is 2.25. The zero-order chi connectivity index (χ0) is 9.10. The Kier molecular flexibility index (Phi) is 2.64. The third-order valence-corrected chi connectivity index (χ3v) is 2.90. The quantitative estimate of drug-likeness (QED) is 0.776. The van der Waals surface area contributed by atoms with Gasteiger partial charge in [-0.3, -0.25) is 0 Å². The van der Waals surface area contributed by atoms with Crippen LogP contribution in [0.25, 0.3) is 0 Å². The summed E-state index contributed by atoms with van der Waals surface area (Å²) in [5, 5.41) is 3.86. The Labute approximate surface area is 78.3 Å². The van der Waals surface area contributed by atoms with Crippen LogP contribution in [0.15, 0.2) is 16.9 Å². The molecule has 1 fully saturated rings. The summed E-state index contributed by atoms with van der Waals surface area (Å²) in [7, 11) is 0. The fourth-order valence-corrected chi connectivity index (χ4v) is 2.14. The lowest BCUT2D eigenvalue weighted by molar-refractivity contribution is 0.387. The summed E-state index contributed by atoms with van der Waals surface area (Å²) in [6, 6.07) is 1.93. The van der Waals surface area contributed by atoms with E-state index in [2.05, 4.69) is 5.16 Å². The van der Waals surface area contributed by atoms with Crippen molar-refractivity contribution < 1.29 is 4.52 Å². The molecule has 3 heteroatoms. The van der Waals surface area contributed by atoms with Crippen LogP contribution in [0, 0.1) is 5.92 Å². The predicted molar refractivity (Wildman–Crippen MR) is 50.0 cm³/mol. The van der Waals surface area contributed by atoms with E-state index in [4.69, 9.17) is 10.3 Å². The highest BCUT2D eigenvalue weighted by Crippen LogP contribution is 2.31. The van der Waals surface area contributed by atoms with Crippen molar-refractivity contribution >= 4 is 0 Å². The summed E-state index contributed by atoms with van der Waals surface area (Å²) in [6.07, 6.45) is 8.07. The number of hydrogen-bond donors (Lipinski definition) is 1. The van der Waals surface area contributed by atoms with Gasteiger partial charge in [0.05, 0.1) is 6.04 Å². The van der Waals surface area contributed by atoms with Crippen molar-refractivity contribution in [2.75, 3.05) is 0 Å². The van der Waals surface area contributed by atoms with E-state index in [0.717, 1.165) is 18.0 Å². The molecule has 72 valence electrons. The number of nitrogens with zero attached hydrogens (tertiary/aromatic N) is 1. The van der Waals surface area contributed by atoms with Crippen molar-refractivity contribution in [1.82, 2.24) is 5.16 Å². The van der Waals surface area contributed by atoms with E-state index in [-0.39, 0.29) is 6.04 Å². The summed E-state index contributed by atoms with van der Waals surface area (Å²) >= 11 is 0. The molecule has 0 aliphatic heterocycles. The maximum Gasteiger partial charge on any atom is 0.124 e. The van der Waals surface area contributed by atoms with E-state index in [0.29, 0.717) is 0 Å². The topological polar surface area (TPSA) is 52.0 Å². The van der Waals surface area contributed by atoms with Crippen LogP contribution in [-0.2, 0) is 0 Å². The lowest BCUT2D eigenvalue weighted by Gasteiger charge is -2.13. The van der Waals surface area contributed by atoms with Crippen molar-refractivity contribution in [3.8, 4) is 0 Å². The molecule has 1 atom stereocenters. The molecule has 0 aromatic carbocycles. The molecule has 1 aromatic heterocycles. The van der Waals surface area contributed by atoms with E-state index in [1.807, 2.05) is 6.07 Å². The van der Waals surface area contributed by atoms with Gasteiger partial charge in [-0.1, -0.05) is 30.8 Å². The fourth-order valence-electron chi connectivity index (χ4n) is 2.14. The van der Waals surface area contributed by atoms with Crippen molar-refractivity contribution in [2.24, 2.45) is 11.7 Å². The highest BCUT2D eigenvalue weighted by molar-refractivity contribution is 5.02. The second-order valence-electron chi connectivity index (χ2n) is 3.92. The van der Waals surface area contributed by atoms with Crippen LogP contribution >= 0.6 is 0 Å². The van der Waals surface area contributed by atoms with Gasteiger partial charge in [-0.25, -0.2) is 0 Å². The van der Waals surface area contributed by atoms with Crippen molar-refractivity contribution in [3.05, 3.63) is 18.0 Å². The van der Waals surface area contributed by atoms with Gasteiger partial charge >= 0.3 is 0 Å². The molecule has 1 heterocycles. The molecule has 1 aliphatic carbocycles. The summed E-state index contributed by atoms with van der Waals surface area (Å²) < 4.78 is 4.77. The summed E-state index contributed by atoms with van der Waals surface area (Å²) in [4.78, 5) is 0. The van der Waals surface area contributed by atoms with Crippen LogP contribution in [0.5, 0.6) is 0 Å². The van der Waals surface area contributed by atoms with E-state index < -0.39 is 0 Å². The second-order valence-corrected chi connectivity index (χ2v) is 3.92. The minimum absolute atomic E-state index is 0.0712. The van der Waals surface area contributed by atoms with Crippen molar-refractivity contribution in [2.45, 2.75) is 38.1 Å². The monoisotopic (exact) mass is 180 g/mol. The summed E-state index contributed by atoms with van der Waals surface area (Å²) in [6.45, 7) is 0. The van der Waals surface area contributed by atoms with Crippen LogP contribution in [0.3, 0.4) is 0 Å². The molecule has 0 spiro atoms. The summed E-state index contributed by atoms with van der Waals surface area (Å²) in [5.74, 6) is 0.812. The molecule has 1 saturated carbocycles. The van der Waals surface area contributed by atoms with Gasteiger partial charge < -0.3 is 10.3 Å². The first-order valence-electron chi connectivity index (χ1n) is 5.02. The Balaban J connectivity index is 1.87. The molecule has 0 bridgehead atoms.